The number of nitrogens with one attached hydrogen (secondary N) is 3. The Morgan fingerprint density at radius 3 is 2.52 bits per heavy atom. The van der Waals surface area contributed by atoms with Gasteiger partial charge < -0.3 is 16.0 Å². The van der Waals surface area contributed by atoms with Crippen LogP contribution in [0.15, 0.2) is 30.3 Å². The van der Waals surface area contributed by atoms with Crippen molar-refractivity contribution in [1.82, 2.24) is 16.0 Å². The molecule has 0 aromatic heterocycles. The number of carbonyl (C=O) groups is 1. The fraction of sp³-hybridized carbons (Fsp3) is 0.588. The van der Waals surface area contributed by atoms with Gasteiger partial charge in [0, 0.05) is 18.1 Å². The van der Waals surface area contributed by atoms with Gasteiger partial charge in [-0.1, -0.05) is 43.2 Å². The maximum absolute atomic E-state index is 11.7. The van der Waals surface area contributed by atoms with Gasteiger partial charge in [0.15, 0.2) is 0 Å². The largest absolute Gasteiger partial charge is 0.353 e. The molecule has 1 saturated carbocycles. The van der Waals surface area contributed by atoms with Crippen LogP contribution in [0.5, 0.6) is 0 Å². The van der Waals surface area contributed by atoms with Gasteiger partial charge in [0.05, 0.1) is 6.54 Å². The number of hydrogen-bond donors (Lipinski definition) is 3. The number of hydrogen-bond acceptors (Lipinski definition) is 3. The Hall–Kier alpha value is -1.39. The summed E-state index contributed by atoms with van der Waals surface area (Å²) in [6.07, 6.45) is 4.72. The van der Waals surface area contributed by atoms with Crippen LogP contribution in [-0.2, 0) is 4.79 Å². The Kier molecular flexibility index (Phi) is 5.76. The maximum Gasteiger partial charge on any atom is 0.234 e. The zero-order chi connectivity index (χ0) is 15.1. The minimum Gasteiger partial charge on any atom is -0.353 e. The summed E-state index contributed by atoms with van der Waals surface area (Å²) in [5.41, 5.74) is 1.34. The lowest BCUT2D eigenvalue weighted by Gasteiger charge is -2.34. The Morgan fingerprint density at radius 1 is 1.24 bits per heavy atom. The summed E-state index contributed by atoms with van der Waals surface area (Å²) >= 11 is 0. The SMILES string of the molecule is CNCC(=O)NCC1(NC(C)c2ccccc2)CCCC1. The van der Waals surface area contributed by atoms with E-state index in [1.54, 1.807) is 7.05 Å². The van der Waals surface area contributed by atoms with Crippen molar-refractivity contribution in [3.8, 4) is 0 Å². The van der Waals surface area contributed by atoms with E-state index >= 15 is 0 Å². The lowest BCUT2D eigenvalue weighted by Crippen LogP contribution is -2.53. The fourth-order valence-corrected chi connectivity index (χ4v) is 3.20. The molecule has 4 heteroatoms. The highest BCUT2D eigenvalue weighted by molar-refractivity contribution is 5.78. The second kappa shape index (κ2) is 7.57. The summed E-state index contributed by atoms with van der Waals surface area (Å²) in [4.78, 5) is 11.7. The average Bonchev–Trinajstić information content (AvgIpc) is 2.95. The summed E-state index contributed by atoms with van der Waals surface area (Å²) in [6, 6.07) is 10.8. The van der Waals surface area contributed by atoms with E-state index in [2.05, 4.69) is 47.1 Å². The van der Waals surface area contributed by atoms with Crippen LogP contribution in [0.1, 0.15) is 44.2 Å². The normalized spacial score (nSPS) is 18.4. The van der Waals surface area contributed by atoms with E-state index in [0.29, 0.717) is 19.1 Å². The van der Waals surface area contributed by atoms with E-state index in [9.17, 15) is 4.79 Å². The fourth-order valence-electron chi connectivity index (χ4n) is 3.20. The molecule has 0 bridgehead atoms. The highest BCUT2D eigenvalue weighted by atomic mass is 16.1. The van der Waals surface area contributed by atoms with E-state index in [4.69, 9.17) is 0 Å². The molecule has 0 spiro atoms. The smallest absolute Gasteiger partial charge is 0.234 e. The van der Waals surface area contributed by atoms with E-state index < -0.39 is 0 Å². The maximum atomic E-state index is 11.7. The first kappa shape index (κ1) is 16.0. The molecule has 1 fully saturated rings. The topological polar surface area (TPSA) is 53.2 Å². The van der Waals surface area contributed by atoms with Gasteiger partial charge in [0.25, 0.3) is 0 Å². The molecule has 0 radical (unpaired) electrons. The molecule has 116 valence electrons. The van der Waals surface area contributed by atoms with E-state index in [1.165, 1.54) is 18.4 Å². The summed E-state index contributed by atoms with van der Waals surface area (Å²) in [5, 5.41) is 9.72. The summed E-state index contributed by atoms with van der Waals surface area (Å²) < 4.78 is 0. The van der Waals surface area contributed by atoms with Crippen molar-refractivity contribution in [2.45, 2.75) is 44.2 Å². The molecule has 0 heterocycles. The summed E-state index contributed by atoms with van der Waals surface area (Å²) in [6.45, 7) is 3.29. The Balaban J connectivity index is 1.96. The lowest BCUT2D eigenvalue weighted by atomic mass is 9.94. The summed E-state index contributed by atoms with van der Waals surface area (Å²) in [5.74, 6) is 0.0675. The van der Waals surface area contributed by atoms with Crippen LogP contribution in [0.2, 0.25) is 0 Å². The molecule has 2 rings (SSSR count). The molecule has 4 nitrogen and oxygen atoms in total. The van der Waals surface area contributed by atoms with Gasteiger partial charge in [-0.25, -0.2) is 0 Å². The monoisotopic (exact) mass is 289 g/mol. The first-order valence-corrected chi connectivity index (χ1v) is 7.89. The van der Waals surface area contributed by atoms with Gasteiger partial charge >= 0.3 is 0 Å². The van der Waals surface area contributed by atoms with E-state index in [-0.39, 0.29) is 11.4 Å². The molecule has 3 N–H and O–H groups in total. The minimum absolute atomic E-state index is 0.0403. The van der Waals surface area contributed by atoms with Crippen LogP contribution in [0, 0.1) is 0 Å². The van der Waals surface area contributed by atoms with Gasteiger partial charge in [-0.2, -0.15) is 0 Å². The predicted molar refractivity (Wildman–Crippen MR) is 86.1 cm³/mol. The van der Waals surface area contributed by atoms with Crippen molar-refractivity contribution in [3.05, 3.63) is 35.9 Å². The molecular formula is C17H27N3O. The second-order valence-corrected chi connectivity index (χ2v) is 6.07. The van der Waals surface area contributed by atoms with Crippen molar-refractivity contribution in [1.29, 1.82) is 0 Å². The van der Waals surface area contributed by atoms with Crippen LogP contribution in [0.4, 0.5) is 0 Å². The van der Waals surface area contributed by atoms with Gasteiger partial charge in [-0.15, -0.1) is 0 Å². The highest BCUT2D eigenvalue weighted by Crippen LogP contribution is 2.31. The molecule has 0 aliphatic heterocycles. The first-order valence-electron chi connectivity index (χ1n) is 7.89. The van der Waals surface area contributed by atoms with Crippen LogP contribution >= 0.6 is 0 Å². The minimum atomic E-state index is 0.0403. The zero-order valence-electron chi connectivity index (χ0n) is 13.1. The van der Waals surface area contributed by atoms with Gasteiger partial charge in [0.1, 0.15) is 0 Å². The molecule has 1 aromatic rings. The van der Waals surface area contributed by atoms with Crippen LogP contribution in [-0.4, -0.2) is 31.6 Å². The van der Waals surface area contributed by atoms with Gasteiger partial charge in [0.2, 0.25) is 5.91 Å². The molecule has 1 atom stereocenters. The van der Waals surface area contributed by atoms with Crippen molar-refractivity contribution in [3.63, 3.8) is 0 Å². The number of carbonyl (C=O) groups excluding carboxylic acids is 1. The zero-order valence-corrected chi connectivity index (χ0v) is 13.1. The second-order valence-electron chi connectivity index (χ2n) is 6.07. The molecular weight excluding hydrogens is 262 g/mol. The van der Waals surface area contributed by atoms with Crippen molar-refractivity contribution in [2.75, 3.05) is 20.1 Å². The van der Waals surface area contributed by atoms with Crippen LogP contribution < -0.4 is 16.0 Å². The third-order valence-corrected chi connectivity index (χ3v) is 4.34. The van der Waals surface area contributed by atoms with E-state index in [1.807, 2.05) is 6.07 Å². The molecule has 1 amide bonds. The van der Waals surface area contributed by atoms with E-state index in [0.717, 1.165) is 12.8 Å². The standard InChI is InChI=1S/C17H27N3O/c1-14(15-8-4-3-5-9-15)20-17(10-6-7-11-17)13-19-16(21)12-18-2/h3-5,8-9,14,18,20H,6-7,10-13H2,1-2H3,(H,19,21). The number of amides is 1. The first-order chi connectivity index (χ1) is 10.2. The van der Waals surface area contributed by atoms with Gasteiger partial charge in [-0.3, -0.25) is 4.79 Å². The Bertz CT molecular complexity index is 441. The third-order valence-electron chi connectivity index (χ3n) is 4.34. The van der Waals surface area contributed by atoms with Crippen molar-refractivity contribution >= 4 is 5.91 Å². The summed E-state index contributed by atoms with van der Waals surface area (Å²) in [7, 11) is 1.79. The predicted octanol–water partition coefficient (Wildman–Crippen LogP) is 1.99. The third kappa shape index (κ3) is 4.55. The average molecular weight is 289 g/mol. The number of likely N-dealkylation sites (N-methyl/N-ethyl adjacent to an activating group) is 1. The molecule has 1 aromatic carbocycles. The van der Waals surface area contributed by atoms with Crippen molar-refractivity contribution < 1.29 is 4.79 Å². The number of benzene rings is 1. The molecule has 1 unspecified atom stereocenters. The number of rotatable bonds is 7. The molecule has 21 heavy (non-hydrogen) atoms. The van der Waals surface area contributed by atoms with Crippen LogP contribution in [0.25, 0.3) is 0 Å². The van der Waals surface area contributed by atoms with Crippen LogP contribution in [0.3, 0.4) is 0 Å². The van der Waals surface area contributed by atoms with Crippen molar-refractivity contribution in [2.24, 2.45) is 0 Å². The highest BCUT2D eigenvalue weighted by Gasteiger charge is 2.35. The quantitative estimate of drug-likeness (QED) is 0.719. The Morgan fingerprint density at radius 2 is 1.90 bits per heavy atom. The van der Waals surface area contributed by atoms with Gasteiger partial charge in [-0.05, 0) is 32.4 Å². The molecule has 0 saturated heterocycles. The molecule has 1 aliphatic rings. The molecule has 1 aliphatic carbocycles. The Labute approximate surface area is 127 Å². The lowest BCUT2D eigenvalue weighted by molar-refractivity contribution is -0.120.